The molecular weight excluding hydrogens is 649 g/mol. The van der Waals surface area contributed by atoms with E-state index >= 15 is 0 Å². The van der Waals surface area contributed by atoms with Gasteiger partial charge in [0, 0.05) is 39.4 Å². The van der Waals surface area contributed by atoms with Crippen LogP contribution in [0, 0.1) is 0 Å². The zero-order valence-electron chi connectivity index (χ0n) is 28.5. The Labute approximate surface area is 304 Å². The average molecular weight is 679 g/mol. The highest BCUT2D eigenvalue weighted by Gasteiger charge is 2.21. The molecule has 0 saturated carbocycles. The van der Waals surface area contributed by atoms with E-state index in [4.69, 9.17) is 14.7 Å². The zero-order chi connectivity index (χ0) is 34.9. The highest BCUT2D eigenvalue weighted by molar-refractivity contribution is 6.21. The van der Waals surface area contributed by atoms with Gasteiger partial charge in [0.15, 0.2) is 0 Å². The molecular formula is C48H30N4O. The number of pyridine rings is 2. The number of hydrogen-bond donors (Lipinski definition) is 0. The summed E-state index contributed by atoms with van der Waals surface area (Å²) in [6, 6.07) is 61.5. The van der Waals surface area contributed by atoms with Crippen LogP contribution in [-0.4, -0.2) is 18.9 Å². The van der Waals surface area contributed by atoms with E-state index in [0.717, 1.165) is 77.8 Å². The summed E-state index contributed by atoms with van der Waals surface area (Å²) in [5, 5.41) is 5.65. The summed E-state index contributed by atoms with van der Waals surface area (Å²) in [6.45, 7) is 0. The summed E-state index contributed by atoms with van der Waals surface area (Å²) in [6.07, 6.45) is 1.83. The van der Waals surface area contributed by atoms with Crippen molar-refractivity contribution in [1.29, 1.82) is 0 Å². The van der Waals surface area contributed by atoms with E-state index in [0.29, 0.717) is 0 Å². The molecule has 0 aliphatic rings. The fourth-order valence-electron chi connectivity index (χ4n) is 8.11. The first-order valence-electron chi connectivity index (χ1n) is 17.8. The van der Waals surface area contributed by atoms with Gasteiger partial charge in [0.05, 0.1) is 27.6 Å². The van der Waals surface area contributed by atoms with Gasteiger partial charge in [0.25, 0.3) is 0 Å². The summed E-state index contributed by atoms with van der Waals surface area (Å²) in [7, 11) is 0. The fourth-order valence-corrected chi connectivity index (χ4v) is 8.11. The van der Waals surface area contributed by atoms with Crippen molar-refractivity contribution in [3.63, 3.8) is 0 Å². The van der Waals surface area contributed by atoms with Crippen molar-refractivity contribution in [3.8, 4) is 39.6 Å². The standard InChI is InChI=1S/C48H30N4O/c1-3-13-31(14-4-1)35-26-27-36(32-15-5-2-6-16-32)47-46(35)39-25-23-33(29-40(39)48-50-41-18-8-10-20-43(41)52(47)48)53-34-22-24-38-37-17-7-9-19-42(37)51(44(38)30-34)45-21-11-12-28-49-45/h1-30H. The van der Waals surface area contributed by atoms with Crippen LogP contribution in [0.15, 0.2) is 182 Å². The molecule has 248 valence electrons. The molecule has 0 fully saturated rings. The Kier molecular flexibility index (Phi) is 6.48. The maximum absolute atomic E-state index is 6.75. The number of ether oxygens (including phenoxy) is 1. The molecule has 11 aromatic rings. The van der Waals surface area contributed by atoms with Gasteiger partial charge in [0.2, 0.25) is 0 Å². The van der Waals surface area contributed by atoms with Crippen LogP contribution >= 0.6 is 0 Å². The molecule has 7 aromatic carbocycles. The van der Waals surface area contributed by atoms with Gasteiger partial charge in [-0.1, -0.05) is 109 Å². The molecule has 0 radical (unpaired) electrons. The first kappa shape index (κ1) is 29.5. The molecule has 0 spiro atoms. The minimum absolute atomic E-state index is 0.742. The third-order valence-electron chi connectivity index (χ3n) is 10.4. The van der Waals surface area contributed by atoms with Crippen LogP contribution in [0.4, 0.5) is 0 Å². The predicted octanol–water partition coefficient (Wildman–Crippen LogP) is 12.4. The molecule has 0 saturated heterocycles. The van der Waals surface area contributed by atoms with Gasteiger partial charge in [-0.05, 0) is 82.7 Å². The molecule has 0 N–H and O–H groups in total. The lowest BCUT2D eigenvalue weighted by molar-refractivity contribution is 0.484. The lowest BCUT2D eigenvalue weighted by Crippen LogP contribution is -1.97. The van der Waals surface area contributed by atoms with Crippen LogP contribution in [0.3, 0.4) is 0 Å². The number of rotatable bonds is 5. The summed E-state index contributed by atoms with van der Waals surface area (Å²) < 4.78 is 11.3. The maximum Gasteiger partial charge on any atom is 0.146 e. The number of para-hydroxylation sites is 3. The molecule has 0 aliphatic heterocycles. The third kappa shape index (κ3) is 4.57. The topological polar surface area (TPSA) is 44.3 Å². The third-order valence-corrected chi connectivity index (χ3v) is 10.4. The minimum atomic E-state index is 0.742. The van der Waals surface area contributed by atoms with Gasteiger partial charge >= 0.3 is 0 Å². The van der Waals surface area contributed by atoms with Crippen molar-refractivity contribution in [2.24, 2.45) is 0 Å². The minimum Gasteiger partial charge on any atom is -0.457 e. The SMILES string of the molecule is c1ccc(-c2ccc(-c3ccccc3)c3c2c2ccc(Oc4ccc5c6ccccc6n(-c6ccccn6)c5c4)cc2c2nc4ccccc4n23)cc1. The van der Waals surface area contributed by atoms with Gasteiger partial charge in [-0.3, -0.25) is 8.97 Å². The largest absolute Gasteiger partial charge is 0.457 e. The first-order chi connectivity index (χ1) is 26.3. The molecule has 5 heteroatoms. The second-order valence-electron chi connectivity index (χ2n) is 13.4. The van der Waals surface area contributed by atoms with Gasteiger partial charge < -0.3 is 4.74 Å². The number of aromatic nitrogens is 4. The van der Waals surface area contributed by atoms with Gasteiger partial charge in [0.1, 0.15) is 23.0 Å². The lowest BCUT2D eigenvalue weighted by atomic mass is 9.91. The highest BCUT2D eigenvalue weighted by Crippen LogP contribution is 2.44. The number of benzene rings is 7. The Morgan fingerprint density at radius 1 is 0.453 bits per heavy atom. The summed E-state index contributed by atoms with van der Waals surface area (Å²) in [4.78, 5) is 9.99. The number of fused-ring (bicyclic) bond motifs is 11. The Balaban J connectivity index is 1.17. The van der Waals surface area contributed by atoms with Crippen molar-refractivity contribution >= 4 is 60.2 Å². The molecule has 11 rings (SSSR count). The summed E-state index contributed by atoms with van der Waals surface area (Å²) in [5.74, 6) is 2.36. The van der Waals surface area contributed by atoms with E-state index in [-0.39, 0.29) is 0 Å². The number of hydrogen-bond acceptors (Lipinski definition) is 3. The first-order valence-corrected chi connectivity index (χ1v) is 17.8. The molecule has 0 unspecified atom stereocenters. The summed E-state index contributed by atoms with van der Waals surface area (Å²) in [5.41, 5.74) is 10.8. The number of imidazole rings is 1. The van der Waals surface area contributed by atoms with Crippen molar-refractivity contribution < 1.29 is 4.74 Å². The molecule has 0 amide bonds. The van der Waals surface area contributed by atoms with E-state index in [9.17, 15) is 0 Å². The Bertz CT molecular complexity index is 3180. The smallest absolute Gasteiger partial charge is 0.146 e. The second kappa shape index (κ2) is 11.7. The fraction of sp³-hybridized carbons (Fsp3) is 0. The quantitative estimate of drug-likeness (QED) is 0.170. The van der Waals surface area contributed by atoms with E-state index in [1.807, 2.05) is 24.4 Å². The summed E-state index contributed by atoms with van der Waals surface area (Å²) >= 11 is 0. The lowest BCUT2D eigenvalue weighted by Gasteiger charge is -2.18. The van der Waals surface area contributed by atoms with Crippen LogP contribution in [-0.2, 0) is 0 Å². The van der Waals surface area contributed by atoms with E-state index < -0.39 is 0 Å². The van der Waals surface area contributed by atoms with Crippen molar-refractivity contribution in [1.82, 2.24) is 18.9 Å². The van der Waals surface area contributed by atoms with Crippen LogP contribution in [0.1, 0.15) is 0 Å². The van der Waals surface area contributed by atoms with Gasteiger partial charge in [-0.15, -0.1) is 0 Å². The van der Waals surface area contributed by atoms with Crippen molar-refractivity contribution in [2.75, 3.05) is 0 Å². The molecule has 0 aliphatic carbocycles. The average Bonchev–Trinajstić information content (AvgIpc) is 3.78. The molecule has 53 heavy (non-hydrogen) atoms. The molecule has 0 atom stereocenters. The number of nitrogens with zero attached hydrogens (tertiary/aromatic N) is 4. The Hall–Kier alpha value is -7.24. The van der Waals surface area contributed by atoms with Gasteiger partial charge in [-0.2, -0.15) is 0 Å². The van der Waals surface area contributed by atoms with Crippen molar-refractivity contribution in [3.05, 3.63) is 182 Å². The van der Waals surface area contributed by atoms with Crippen molar-refractivity contribution in [2.45, 2.75) is 0 Å². The van der Waals surface area contributed by atoms with E-state index in [2.05, 4.69) is 167 Å². The Morgan fingerprint density at radius 2 is 1.09 bits per heavy atom. The normalized spacial score (nSPS) is 11.8. The molecule has 0 bridgehead atoms. The monoisotopic (exact) mass is 678 g/mol. The molecule has 4 heterocycles. The zero-order valence-corrected chi connectivity index (χ0v) is 28.5. The van der Waals surface area contributed by atoms with Crippen LogP contribution < -0.4 is 4.74 Å². The van der Waals surface area contributed by atoms with Gasteiger partial charge in [-0.25, -0.2) is 9.97 Å². The van der Waals surface area contributed by atoms with Crippen LogP contribution in [0.25, 0.3) is 88.2 Å². The molecule has 4 aromatic heterocycles. The second-order valence-corrected chi connectivity index (χ2v) is 13.4. The predicted molar refractivity (Wildman–Crippen MR) is 217 cm³/mol. The van der Waals surface area contributed by atoms with E-state index in [1.54, 1.807) is 0 Å². The molecule has 5 nitrogen and oxygen atoms in total. The van der Waals surface area contributed by atoms with Crippen LogP contribution in [0.5, 0.6) is 11.5 Å². The highest BCUT2D eigenvalue weighted by atomic mass is 16.5. The van der Waals surface area contributed by atoms with E-state index in [1.165, 1.54) is 21.9 Å². The van der Waals surface area contributed by atoms with Crippen LogP contribution in [0.2, 0.25) is 0 Å². The maximum atomic E-state index is 6.75. The Morgan fingerprint density at radius 3 is 1.89 bits per heavy atom.